The van der Waals surface area contributed by atoms with Crippen LogP contribution in [0.2, 0.25) is 0 Å². The third-order valence-corrected chi connectivity index (χ3v) is 6.93. The van der Waals surface area contributed by atoms with Gasteiger partial charge in [0.15, 0.2) is 5.78 Å². The van der Waals surface area contributed by atoms with Gasteiger partial charge in [0.1, 0.15) is 16.5 Å². The third kappa shape index (κ3) is 3.12. The van der Waals surface area contributed by atoms with Crippen LogP contribution in [-0.2, 0) is 10.0 Å². The molecule has 1 atom stereocenters. The highest BCUT2D eigenvalue weighted by Crippen LogP contribution is 2.40. The predicted molar refractivity (Wildman–Crippen MR) is 96.1 cm³/mol. The van der Waals surface area contributed by atoms with Gasteiger partial charge in [-0.05, 0) is 37.0 Å². The fraction of sp³-hybridized carbons (Fsp3) is 0.368. The van der Waals surface area contributed by atoms with Crippen LogP contribution in [0.15, 0.2) is 35.4 Å². The first-order valence-corrected chi connectivity index (χ1v) is 10.3. The number of ketones is 1. The third-order valence-electron chi connectivity index (χ3n) is 5.04. The quantitative estimate of drug-likeness (QED) is 0.799. The molecule has 2 aliphatic rings. The maximum absolute atomic E-state index is 14.1. The molecule has 1 aromatic carbocycles. The predicted octanol–water partition coefficient (Wildman–Crippen LogP) is 3.49. The molecule has 0 unspecified atom stereocenters. The van der Waals surface area contributed by atoms with E-state index in [0.717, 1.165) is 12.8 Å². The molecule has 1 fully saturated rings. The van der Waals surface area contributed by atoms with Crippen LogP contribution in [0.1, 0.15) is 48.0 Å². The van der Waals surface area contributed by atoms with Crippen molar-refractivity contribution in [3.8, 4) is 11.6 Å². The average Bonchev–Trinajstić information content (AvgIpc) is 3.27. The van der Waals surface area contributed by atoms with Crippen molar-refractivity contribution in [2.45, 2.75) is 37.0 Å². The Morgan fingerprint density at radius 2 is 1.93 bits per heavy atom. The van der Waals surface area contributed by atoms with E-state index in [4.69, 9.17) is 4.74 Å². The number of rotatable bonds is 4. The number of ether oxygens (including phenoxy) is 1. The molecule has 1 aliphatic heterocycles. The molecule has 8 heteroatoms. The summed E-state index contributed by atoms with van der Waals surface area (Å²) in [6, 6.07) is 5.56. The second-order valence-corrected chi connectivity index (χ2v) is 8.85. The molecule has 0 spiro atoms. The van der Waals surface area contributed by atoms with Crippen molar-refractivity contribution >= 4 is 15.8 Å². The van der Waals surface area contributed by atoms with E-state index in [1.807, 2.05) is 0 Å². The summed E-state index contributed by atoms with van der Waals surface area (Å²) in [6.07, 6.45) is 3.20. The number of carbonyl (C=O) groups excluding carboxylic acids is 1. The van der Waals surface area contributed by atoms with Gasteiger partial charge in [-0.3, -0.25) is 4.79 Å². The topological polar surface area (TPSA) is 76.6 Å². The zero-order valence-corrected chi connectivity index (χ0v) is 15.6. The van der Waals surface area contributed by atoms with Gasteiger partial charge in [-0.25, -0.2) is 17.8 Å². The molecular formula is C19H19FN2O4S. The second-order valence-electron chi connectivity index (χ2n) is 6.91. The van der Waals surface area contributed by atoms with Crippen molar-refractivity contribution in [2.24, 2.45) is 0 Å². The number of Topliss-reactive ketones (excluding diaryl/α,β-unsaturated/α-hetero) is 1. The number of sulfonamides is 1. The fourth-order valence-electron chi connectivity index (χ4n) is 3.68. The van der Waals surface area contributed by atoms with Crippen LogP contribution >= 0.6 is 0 Å². The van der Waals surface area contributed by atoms with Crippen LogP contribution in [0.5, 0.6) is 11.6 Å². The summed E-state index contributed by atoms with van der Waals surface area (Å²) in [7, 11) is -3.55. The Balaban J connectivity index is 1.61. The van der Waals surface area contributed by atoms with Gasteiger partial charge in [-0.2, -0.15) is 4.31 Å². The maximum Gasteiger partial charge on any atom is 0.244 e. The molecule has 6 nitrogen and oxygen atoms in total. The Labute approximate surface area is 157 Å². The van der Waals surface area contributed by atoms with Crippen LogP contribution in [-0.4, -0.2) is 36.6 Å². The van der Waals surface area contributed by atoms with Crippen molar-refractivity contribution < 1.29 is 22.3 Å². The van der Waals surface area contributed by atoms with Gasteiger partial charge in [0.2, 0.25) is 15.9 Å². The van der Waals surface area contributed by atoms with Gasteiger partial charge in [0.25, 0.3) is 0 Å². The van der Waals surface area contributed by atoms with E-state index in [2.05, 4.69) is 4.98 Å². The molecule has 27 heavy (non-hydrogen) atoms. The largest absolute Gasteiger partial charge is 0.438 e. The van der Waals surface area contributed by atoms with E-state index < -0.39 is 15.8 Å². The summed E-state index contributed by atoms with van der Waals surface area (Å²) in [5.74, 6) is -0.395. The first-order chi connectivity index (χ1) is 12.9. The first-order valence-electron chi connectivity index (χ1n) is 8.87. The number of hydrogen-bond donors (Lipinski definition) is 0. The van der Waals surface area contributed by atoms with Crippen molar-refractivity contribution in [1.29, 1.82) is 0 Å². The fourth-order valence-corrected chi connectivity index (χ4v) is 5.14. The number of nitrogens with zero attached hydrogens (tertiary/aromatic N) is 2. The SMILES string of the molecule is C[C@@H]1CC(=O)c2c(Oc3ccc(S(=O)(=O)N4CCCC4)cn3)ccc(F)c21. The highest BCUT2D eigenvalue weighted by atomic mass is 32.2. The normalized spacial score (nSPS) is 20.1. The summed E-state index contributed by atoms with van der Waals surface area (Å²) >= 11 is 0. The van der Waals surface area contributed by atoms with Crippen LogP contribution in [0.3, 0.4) is 0 Å². The zero-order chi connectivity index (χ0) is 19.2. The number of pyridine rings is 1. The van der Waals surface area contributed by atoms with Gasteiger partial charge in [0.05, 0.1) is 11.8 Å². The van der Waals surface area contributed by atoms with Crippen LogP contribution in [0.4, 0.5) is 4.39 Å². The molecule has 0 bridgehead atoms. The van der Waals surface area contributed by atoms with Gasteiger partial charge in [0, 0.05) is 31.1 Å². The highest BCUT2D eigenvalue weighted by molar-refractivity contribution is 7.89. The van der Waals surface area contributed by atoms with E-state index in [1.165, 1.54) is 34.8 Å². The lowest BCUT2D eigenvalue weighted by molar-refractivity contribution is 0.0988. The molecule has 4 rings (SSSR count). The minimum atomic E-state index is -3.55. The lowest BCUT2D eigenvalue weighted by Gasteiger charge is -2.15. The maximum atomic E-state index is 14.1. The number of fused-ring (bicyclic) bond motifs is 1. The van der Waals surface area contributed by atoms with E-state index in [9.17, 15) is 17.6 Å². The molecule has 1 aliphatic carbocycles. The first kappa shape index (κ1) is 18.1. The van der Waals surface area contributed by atoms with Gasteiger partial charge >= 0.3 is 0 Å². The number of benzene rings is 1. The van der Waals surface area contributed by atoms with Crippen molar-refractivity contribution in [2.75, 3.05) is 13.1 Å². The lowest BCUT2D eigenvalue weighted by atomic mass is 10.0. The Morgan fingerprint density at radius 1 is 1.19 bits per heavy atom. The van der Waals surface area contributed by atoms with E-state index in [0.29, 0.717) is 18.7 Å². The summed E-state index contributed by atoms with van der Waals surface area (Å²) in [5.41, 5.74) is 0.615. The van der Waals surface area contributed by atoms with Gasteiger partial charge in [-0.15, -0.1) is 0 Å². The minimum Gasteiger partial charge on any atom is -0.438 e. The molecule has 0 saturated carbocycles. The number of carbonyl (C=O) groups is 1. The Kier molecular flexibility index (Phi) is 4.47. The number of aromatic nitrogens is 1. The summed E-state index contributed by atoms with van der Waals surface area (Å²) < 4.78 is 46.3. The van der Waals surface area contributed by atoms with Gasteiger partial charge < -0.3 is 4.74 Å². The van der Waals surface area contributed by atoms with Crippen molar-refractivity contribution in [3.63, 3.8) is 0 Å². The molecule has 2 aromatic rings. The van der Waals surface area contributed by atoms with E-state index in [1.54, 1.807) is 6.92 Å². The number of hydrogen-bond acceptors (Lipinski definition) is 5. The molecule has 2 heterocycles. The molecule has 142 valence electrons. The molecule has 0 radical (unpaired) electrons. The van der Waals surface area contributed by atoms with Crippen LogP contribution in [0, 0.1) is 5.82 Å². The minimum absolute atomic E-state index is 0.103. The molecule has 1 saturated heterocycles. The summed E-state index contributed by atoms with van der Waals surface area (Å²) in [4.78, 5) is 16.4. The second kappa shape index (κ2) is 6.69. The van der Waals surface area contributed by atoms with E-state index >= 15 is 0 Å². The van der Waals surface area contributed by atoms with Crippen molar-refractivity contribution in [3.05, 3.63) is 47.4 Å². The van der Waals surface area contributed by atoms with Gasteiger partial charge in [-0.1, -0.05) is 6.92 Å². The summed E-state index contributed by atoms with van der Waals surface area (Å²) in [5, 5.41) is 0. The Morgan fingerprint density at radius 3 is 2.59 bits per heavy atom. The Bertz CT molecular complexity index is 999. The molecule has 0 N–H and O–H groups in total. The monoisotopic (exact) mass is 390 g/mol. The zero-order valence-electron chi connectivity index (χ0n) is 14.8. The molecule has 1 aromatic heterocycles. The molecule has 0 amide bonds. The smallest absolute Gasteiger partial charge is 0.244 e. The average molecular weight is 390 g/mol. The Hall–Kier alpha value is -2.32. The summed E-state index contributed by atoms with van der Waals surface area (Å²) in [6.45, 7) is 2.83. The van der Waals surface area contributed by atoms with Crippen LogP contribution in [0.25, 0.3) is 0 Å². The van der Waals surface area contributed by atoms with Crippen molar-refractivity contribution in [1.82, 2.24) is 9.29 Å². The number of halogens is 1. The standard InChI is InChI=1S/C19H19FN2O4S/c1-12-10-15(23)19-16(6-5-14(20)18(12)19)26-17-7-4-13(11-21-17)27(24,25)22-8-2-3-9-22/h4-7,11-12H,2-3,8-10H2,1H3/t12-/m1/s1. The highest BCUT2D eigenvalue weighted by Gasteiger charge is 2.33. The van der Waals surface area contributed by atoms with E-state index in [-0.39, 0.29) is 40.2 Å². The lowest BCUT2D eigenvalue weighted by Crippen LogP contribution is -2.27. The molecular weight excluding hydrogens is 371 g/mol. The van der Waals surface area contributed by atoms with Crippen LogP contribution < -0.4 is 4.74 Å².